The maximum absolute atomic E-state index is 12.3. The molecule has 1 aromatic carbocycles. The van der Waals surface area contributed by atoms with Crippen molar-refractivity contribution in [3.63, 3.8) is 0 Å². The van der Waals surface area contributed by atoms with Crippen LogP contribution in [-0.2, 0) is 4.79 Å². The molecule has 3 atom stereocenters. The van der Waals surface area contributed by atoms with Crippen molar-refractivity contribution in [2.24, 2.45) is 11.8 Å². The van der Waals surface area contributed by atoms with Crippen molar-refractivity contribution in [3.05, 3.63) is 23.2 Å². The van der Waals surface area contributed by atoms with Crippen LogP contribution in [-0.4, -0.2) is 40.0 Å². The fraction of sp³-hybridized carbons (Fsp3) is 0.526. The van der Waals surface area contributed by atoms with Crippen LogP contribution >= 0.6 is 23.4 Å². The number of rotatable bonds is 6. The van der Waals surface area contributed by atoms with Crippen molar-refractivity contribution in [1.29, 1.82) is 0 Å². The Balaban J connectivity index is 1.58. The summed E-state index contributed by atoms with van der Waals surface area (Å²) in [5, 5.41) is 11.4. The van der Waals surface area contributed by atoms with Crippen molar-refractivity contribution in [1.82, 2.24) is 20.5 Å². The van der Waals surface area contributed by atoms with Gasteiger partial charge in [0, 0.05) is 11.1 Å². The standard InChI is InChI=1S/C19H25ClN4O2S/c1-11-5-4-6-15(12(11)2)21-17(25)10-27-19-22-18(23-24-19)14-9-13(20)7-8-16(14)26-3/h7-9,11-12,15H,4-6,10H2,1-3H3,(H,21,25)(H,22,23,24). The summed E-state index contributed by atoms with van der Waals surface area (Å²) in [4.78, 5) is 16.8. The van der Waals surface area contributed by atoms with E-state index in [1.54, 1.807) is 25.3 Å². The highest BCUT2D eigenvalue weighted by atomic mass is 35.5. The molecule has 6 nitrogen and oxygen atoms in total. The summed E-state index contributed by atoms with van der Waals surface area (Å²) in [6, 6.07) is 5.58. The molecule has 3 unspecified atom stereocenters. The Morgan fingerprint density at radius 1 is 1.41 bits per heavy atom. The lowest BCUT2D eigenvalue weighted by Crippen LogP contribution is -2.44. The Bertz CT molecular complexity index is 798. The molecule has 2 N–H and O–H groups in total. The number of H-pyrrole nitrogens is 1. The molecular weight excluding hydrogens is 384 g/mol. The largest absolute Gasteiger partial charge is 0.496 e. The summed E-state index contributed by atoms with van der Waals surface area (Å²) >= 11 is 7.38. The third kappa shape index (κ3) is 4.96. The summed E-state index contributed by atoms with van der Waals surface area (Å²) in [6.45, 7) is 4.48. The molecule has 1 aromatic heterocycles. The quantitative estimate of drug-likeness (QED) is 0.701. The summed E-state index contributed by atoms with van der Waals surface area (Å²) in [6.07, 6.45) is 3.48. The van der Waals surface area contributed by atoms with Gasteiger partial charge in [-0.2, -0.15) is 0 Å². The van der Waals surface area contributed by atoms with Crippen LogP contribution in [0.5, 0.6) is 5.75 Å². The van der Waals surface area contributed by atoms with Gasteiger partial charge in [0.15, 0.2) is 5.82 Å². The van der Waals surface area contributed by atoms with Crippen molar-refractivity contribution in [2.75, 3.05) is 12.9 Å². The second kappa shape index (κ2) is 8.97. The Labute approximate surface area is 168 Å². The van der Waals surface area contributed by atoms with E-state index in [0.717, 1.165) is 12.0 Å². The Kier molecular flexibility index (Phi) is 6.65. The fourth-order valence-corrected chi connectivity index (χ4v) is 4.24. The number of hydrogen-bond acceptors (Lipinski definition) is 5. The molecule has 27 heavy (non-hydrogen) atoms. The second-order valence-corrected chi connectivity index (χ2v) is 8.42. The van der Waals surface area contributed by atoms with Crippen LogP contribution in [0, 0.1) is 11.8 Å². The van der Waals surface area contributed by atoms with E-state index in [9.17, 15) is 4.79 Å². The molecule has 2 aromatic rings. The number of amides is 1. The number of hydrogen-bond donors (Lipinski definition) is 2. The molecule has 1 aliphatic carbocycles. The molecule has 1 aliphatic rings. The monoisotopic (exact) mass is 408 g/mol. The lowest BCUT2D eigenvalue weighted by atomic mass is 9.78. The molecule has 0 aliphatic heterocycles. The number of methoxy groups -OCH3 is 1. The molecule has 0 radical (unpaired) electrons. The van der Waals surface area contributed by atoms with Gasteiger partial charge in [0.2, 0.25) is 11.1 Å². The molecule has 0 spiro atoms. The molecule has 1 amide bonds. The highest BCUT2D eigenvalue weighted by Gasteiger charge is 2.28. The number of aromatic nitrogens is 3. The molecular formula is C19H25ClN4O2S. The van der Waals surface area contributed by atoms with Crippen LogP contribution < -0.4 is 10.1 Å². The maximum Gasteiger partial charge on any atom is 0.230 e. The molecule has 3 rings (SSSR count). The minimum absolute atomic E-state index is 0.0256. The molecule has 1 heterocycles. The number of nitrogens with zero attached hydrogens (tertiary/aromatic N) is 2. The zero-order chi connectivity index (χ0) is 19.4. The van der Waals surface area contributed by atoms with Gasteiger partial charge in [-0.15, -0.1) is 5.10 Å². The van der Waals surface area contributed by atoms with Gasteiger partial charge in [-0.25, -0.2) is 4.98 Å². The lowest BCUT2D eigenvalue weighted by Gasteiger charge is -2.34. The summed E-state index contributed by atoms with van der Waals surface area (Å²) in [5.74, 6) is 2.70. The number of ether oxygens (including phenoxy) is 1. The van der Waals surface area contributed by atoms with E-state index in [0.29, 0.717) is 39.3 Å². The van der Waals surface area contributed by atoms with Crippen LogP contribution in [0.15, 0.2) is 23.4 Å². The average Bonchev–Trinajstić information content (AvgIpc) is 3.13. The lowest BCUT2D eigenvalue weighted by molar-refractivity contribution is -0.120. The van der Waals surface area contributed by atoms with E-state index >= 15 is 0 Å². The van der Waals surface area contributed by atoms with Gasteiger partial charge >= 0.3 is 0 Å². The molecule has 1 fully saturated rings. The molecule has 1 saturated carbocycles. The highest BCUT2D eigenvalue weighted by Crippen LogP contribution is 2.31. The predicted octanol–water partition coefficient (Wildman–Crippen LogP) is 4.17. The van der Waals surface area contributed by atoms with Gasteiger partial charge in [0.25, 0.3) is 0 Å². The Morgan fingerprint density at radius 2 is 2.22 bits per heavy atom. The fourth-order valence-electron chi connectivity index (χ4n) is 3.46. The highest BCUT2D eigenvalue weighted by molar-refractivity contribution is 7.99. The number of aromatic amines is 1. The normalized spacial score (nSPS) is 22.4. The number of nitrogens with one attached hydrogen (secondary N) is 2. The predicted molar refractivity (Wildman–Crippen MR) is 108 cm³/mol. The first-order valence-electron chi connectivity index (χ1n) is 9.16. The molecule has 0 bridgehead atoms. The minimum atomic E-state index is 0.0256. The molecule has 0 saturated heterocycles. The number of thioether (sulfide) groups is 1. The SMILES string of the molecule is COc1ccc(Cl)cc1-c1nc(SCC(=O)NC2CCCC(C)C2C)n[nH]1. The van der Waals surface area contributed by atoms with Crippen molar-refractivity contribution >= 4 is 29.3 Å². The van der Waals surface area contributed by atoms with E-state index in [1.165, 1.54) is 24.6 Å². The van der Waals surface area contributed by atoms with E-state index in [2.05, 4.69) is 34.3 Å². The first-order valence-corrected chi connectivity index (χ1v) is 10.5. The number of carbonyl (C=O) groups excluding carboxylic acids is 1. The zero-order valence-corrected chi connectivity index (χ0v) is 17.4. The van der Waals surface area contributed by atoms with Gasteiger partial charge in [0.05, 0.1) is 18.4 Å². The molecule has 146 valence electrons. The van der Waals surface area contributed by atoms with Crippen LogP contribution in [0.4, 0.5) is 0 Å². The van der Waals surface area contributed by atoms with Gasteiger partial charge in [-0.05, 0) is 36.5 Å². The second-order valence-electron chi connectivity index (χ2n) is 7.04. The van der Waals surface area contributed by atoms with E-state index in [4.69, 9.17) is 16.3 Å². The van der Waals surface area contributed by atoms with E-state index < -0.39 is 0 Å². The number of carbonyl (C=O) groups is 1. The Hall–Kier alpha value is -1.73. The van der Waals surface area contributed by atoms with Crippen molar-refractivity contribution in [3.8, 4) is 17.1 Å². The zero-order valence-electron chi connectivity index (χ0n) is 15.8. The van der Waals surface area contributed by atoms with E-state index in [1.807, 2.05) is 0 Å². The molecule has 8 heteroatoms. The van der Waals surface area contributed by atoms with Gasteiger partial charge in [0.1, 0.15) is 5.75 Å². The van der Waals surface area contributed by atoms with Crippen LogP contribution in [0.2, 0.25) is 5.02 Å². The minimum Gasteiger partial charge on any atom is -0.496 e. The van der Waals surface area contributed by atoms with Crippen LogP contribution in [0.25, 0.3) is 11.4 Å². The van der Waals surface area contributed by atoms with Crippen LogP contribution in [0.3, 0.4) is 0 Å². The first kappa shape index (κ1) is 20.0. The van der Waals surface area contributed by atoms with Gasteiger partial charge < -0.3 is 10.1 Å². The van der Waals surface area contributed by atoms with Crippen molar-refractivity contribution < 1.29 is 9.53 Å². The Morgan fingerprint density at radius 3 is 3.00 bits per heavy atom. The third-order valence-electron chi connectivity index (χ3n) is 5.27. The van der Waals surface area contributed by atoms with Crippen LogP contribution in [0.1, 0.15) is 33.1 Å². The number of halogens is 1. The summed E-state index contributed by atoms with van der Waals surface area (Å²) < 4.78 is 5.35. The maximum atomic E-state index is 12.3. The summed E-state index contributed by atoms with van der Waals surface area (Å²) in [7, 11) is 1.59. The van der Waals surface area contributed by atoms with Crippen molar-refractivity contribution in [2.45, 2.75) is 44.3 Å². The average molecular weight is 409 g/mol. The third-order valence-corrected chi connectivity index (χ3v) is 6.35. The smallest absolute Gasteiger partial charge is 0.230 e. The van der Waals surface area contributed by atoms with Gasteiger partial charge in [-0.1, -0.05) is 50.1 Å². The number of benzene rings is 1. The first-order chi connectivity index (χ1) is 13.0. The van der Waals surface area contributed by atoms with Gasteiger partial charge in [-0.3, -0.25) is 9.89 Å². The summed E-state index contributed by atoms with van der Waals surface area (Å²) in [5.41, 5.74) is 0.735. The topological polar surface area (TPSA) is 79.9 Å². The van der Waals surface area contributed by atoms with E-state index in [-0.39, 0.29) is 11.9 Å².